The molecule has 0 saturated carbocycles. The summed E-state index contributed by atoms with van der Waals surface area (Å²) in [5.74, 6) is 0. The first-order valence-electron chi connectivity index (χ1n) is 11.3. The van der Waals surface area contributed by atoms with Gasteiger partial charge in [0.05, 0.1) is 13.2 Å². The predicted molar refractivity (Wildman–Crippen MR) is 110 cm³/mol. The first-order valence-corrected chi connectivity index (χ1v) is 11.3. The lowest BCUT2D eigenvalue weighted by atomic mass is 10.0. The largest absolute Gasteiger partial charge is 0.395 e. The summed E-state index contributed by atoms with van der Waals surface area (Å²) in [6, 6.07) is 0. The van der Waals surface area contributed by atoms with Crippen molar-refractivity contribution < 1.29 is 10.2 Å². The van der Waals surface area contributed by atoms with Gasteiger partial charge < -0.3 is 10.2 Å². The molecule has 0 aliphatic carbocycles. The van der Waals surface area contributed by atoms with Crippen LogP contribution in [0.5, 0.6) is 0 Å². The Morgan fingerprint density at radius 1 is 0.440 bits per heavy atom. The maximum atomic E-state index is 8.97. The summed E-state index contributed by atoms with van der Waals surface area (Å²) in [6.07, 6.45) is 22.3. The molecule has 0 saturated heterocycles. The molecule has 0 aliphatic rings. The molecule has 25 heavy (non-hydrogen) atoms. The number of hydrogen-bond donors (Lipinski definition) is 2. The third-order valence-corrected chi connectivity index (χ3v) is 5.16. The number of aliphatic hydroxyl groups is 2. The standard InChI is InChI=1S/C22H47NO2/c1-2-3-4-5-6-7-8-9-10-11-12-13-14-15-16-17-18-23(19-21-24)20-22-25/h24-25H,2-22H2,1H3. The quantitative estimate of drug-likeness (QED) is 0.265. The highest BCUT2D eigenvalue weighted by Crippen LogP contribution is 2.13. The van der Waals surface area contributed by atoms with Crippen molar-refractivity contribution in [3.05, 3.63) is 0 Å². The predicted octanol–water partition coefficient (Wildman–Crippen LogP) is 5.53. The molecule has 0 atom stereocenters. The molecule has 0 unspecified atom stereocenters. The Labute approximate surface area is 158 Å². The van der Waals surface area contributed by atoms with Gasteiger partial charge in [-0.2, -0.15) is 0 Å². The van der Waals surface area contributed by atoms with Crippen LogP contribution in [0.3, 0.4) is 0 Å². The van der Waals surface area contributed by atoms with Crippen LogP contribution in [-0.2, 0) is 0 Å². The highest BCUT2D eigenvalue weighted by atomic mass is 16.3. The molecule has 0 bridgehead atoms. The summed E-state index contributed by atoms with van der Waals surface area (Å²) >= 11 is 0. The van der Waals surface area contributed by atoms with Crippen molar-refractivity contribution in [1.82, 2.24) is 4.90 Å². The van der Waals surface area contributed by atoms with Crippen LogP contribution in [0.25, 0.3) is 0 Å². The van der Waals surface area contributed by atoms with E-state index in [1.54, 1.807) is 0 Å². The van der Waals surface area contributed by atoms with Crippen LogP contribution in [0.2, 0.25) is 0 Å². The van der Waals surface area contributed by atoms with Crippen LogP contribution in [0.1, 0.15) is 110 Å². The summed E-state index contributed by atoms with van der Waals surface area (Å²) in [5.41, 5.74) is 0. The van der Waals surface area contributed by atoms with E-state index in [1.165, 1.54) is 103 Å². The van der Waals surface area contributed by atoms with Gasteiger partial charge in [-0.15, -0.1) is 0 Å². The van der Waals surface area contributed by atoms with Gasteiger partial charge in [0.25, 0.3) is 0 Å². The second kappa shape index (κ2) is 21.9. The van der Waals surface area contributed by atoms with Gasteiger partial charge >= 0.3 is 0 Å². The minimum Gasteiger partial charge on any atom is -0.395 e. The van der Waals surface area contributed by atoms with Gasteiger partial charge in [0, 0.05) is 13.1 Å². The van der Waals surface area contributed by atoms with Crippen LogP contribution in [0.4, 0.5) is 0 Å². The van der Waals surface area contributed by atoms with E-state index < -0.39 is 0 Å². The molecule has 0 heterocycles. The van der Waals surface area contributed by atoms with E-state index in [2.05, 4.69) is 11.8 Å². The van der Waals surface area contributed by atoms with Crippen LogP contribution >= 0.6 is 0 Å². The van der Waals surface area contributed by atoms with Gasteiger partial charge in [0.15, 0.2) is 0 Å². The fourth-order valence-corrected chi connectivity index (χ4v) is 3.50. The number of rotatable bonds is 21. The fourth-order valence-electron chi connectivity index (χ4n) is 3.50. The zero-order valence-corrected chi connectivity index (χ0v) is 17.2. The van der Waals surface area contributed by atoms with Gasteiger partial charge in [-0.25, -0.2) is 0 Å². The lowest BCUT2D eigenvalue weighted by molar-refractivity contribution is 0.159. The smallest absolute Gasteiger partial charge is 0.0558 e. The normalized spacial score (nSPS) is 11.5. The van der Waals surface area contributed by atoms with Crippen LogP contribution in [0, 0.1) is 0 Å². The minimum atomic E-state index is 0.193. The molecular formula is C22H47NO2. The molecule has 0 rings (SSSR count). The van der Waals surface area contributed by atoms with Crippen LogP contribution < -0.4 is 0 Å². The van der Waals surface area contributed by atoms with E-state index in [0.717, 1.165) is 6.54 Å². The first kappa shape index (κ1) is 24.9. The molecule has 0 amide bonds. The second-order valence-corrected chi connectivity index (χ2v) is 7.59. The fraction of sp³-hybridized carbons (Fsp3) is 1.00. The van der Waals surface area contributed by atoms with Gasteiger partial charge in [-0.05, 0) is 13.0 Å². The van der Waals surface area contributed by atoms with Crippen molar-refractivity contribution in [1.29, 1.82) is 0 Å². The zero-order valence-electron chi connectivity index (χ0n) is 17.2. The van der Waals surface area contributed by atoms with Gasteiger partial charge in [0.2, 0.25) is 0 Å². The SMILES string of the molecule is CCCCCCCCCCCCCCCCCCN(CCO)CCO. The summed E-state index contributed by atoms with van der Waals surface area (Å²) in [6.45, 7) is 5.07. The molecule has 0 fully saturated rings. The average Bonchev–Trinajstić information content (AvgIpc) is 2.61. The van der Waals surface area contributed by atoms with E-state index in [1.807, 2.05) is 0 Å². The molecule has 0 aromatic carbocycles. The van der Waals surface area contributed by atoms with Crippen molar-refractivity contribution in [2.45, 2.75) is 110 Å². The molecule has 2 N–H and O–H groups in total. The van der Waals surface area contributed by atoms with Crippen LogP contribution in [0.15, 0.2) is 0 Å². The van der Waals surface area contributed by atoms with Crippen molar-refractivity contribution in [2.75, 3.05) is 32.8 Å². The molecule has 0 aromatic rings. The number of hydrogen-bond acceptors (Lipinski definition) is 3. The van der Waals surface area contributed by atoms with Crippen LogP contribution in [-0.4, -0.2) is 48.0 Å². The number of nitrogens with zero attached hydrogens (tertiary/aromatic N) is 1. The van der Waals surface area contributed by atoms with E-state index in [4.69, 9.17) is 10.2 Å². The molecule has 3 nitrogen and oxygen atoms in total. The first-order chi connectivity index (χ1) is 12.3. The molecule has 152 valence electrons. The topological polar surface area (TPSA) is 43.7 Å². The van der Waals surface area contributed by atoms with Crippen molar-refractivity contribution in [3.63, 3.8) is 0 Å². The van der Waals surface area contributed by atoms with Gasteiger partial charge in [-0.3, -0.25) is 4.90 Å². The van der Waals surface area contributed by atoms with E-state index in [0.29, 0.717) is 13.1 Å². The minimum absolute atomic E-state index is 0.193. The highest BCUT2D eigenvalue weighted by Gasteiger charge is 2.02. The maximum absolute atomic E-state index is 8.97. The second-order valence-electron chi connectivity index (χ2n) is 7.59. The third-order valence-electron chi connectivity index (χ3n) is 5.16. The zero-order chi connectivity index (χ0) is 18.4. The van der Waals surface area contributed by atoms with Gasteiger partial charge in [-0.1, -0.05) is 103 Å². The summed E-state index contributed by atoms with van der Waals surface area (Å²) in [5, 5.41) is 17.9. The highest BCUT2D eigenvalue weighted by molar-refractivity contribution is 4.57. The summed E-state index contributed by atoms with van der Waals surface area (Å²) in [4.78, 5) is 2.16. The van der Waals surface area contributed by atoms with Crippen molar-refractivity contribution >= 4 is 0 Å². The third kappa shape index (κ3) is 20.0. The van der Waals surface area contributed by atoms with E-state index in [9.17, 15) is 0 Å². The molecule has 0 radical (unpaired) electrons. The molecule has 0 aromatic heterocycles. The Morgan fingerprint density at radius 3 is 1.08 bits per heavy atom. The molecule has 3 heteroatoms. The van der Waals surface area contributed by atoms with Crippen molar-refractivity contribution in [3.8, 4) is 0 Å². The lowest BCUT2D eigenvalue weighted by Gasteiger charge is -2.19. The Balaban J connectivity index is 3.13. The maximum Gasteiger partial charge on any atom is 0.0558 e. The Bertz CT molecular complexity index is 230. The summed E-state index contributed by atoms with van der Waals surface area (Å²) < 4.78 is 0. The number of unbranched alkanes of at least 4 members (excludes halogenated alkanes) is 15. The van der Waals surface area contributed by atoms with Crippen molar-refractivity contribution in [2.24, 2.45) is 0 Å². The Morgan fingerprint density at radius 2 is 0.760 bits per heavy atom. The molecular weight excluding hydrogens is 310 g/mol. The van der Waals surface area contributed by atoms with E-state index >= 15 is 0 Å². The summed E-state index contributed by atoms with van der Waals surface area (Å²) in [7, 11) is 0. The lowest BCUT2D eigenvalue weighted by Crippen LogP contribution is -2.30. The molecule has 0 aliphatic heterocycles. The Hall–Kier alpha value is -0.120. The Kier molecular flexibility index (Phi) is 21.8. The monoisotopic (exact) mass is 357 g/mol. The van der Waals surface area contributed by atoms with E-state index in [-0.39, 0.29) is 13.2 Å². The average molecular weight is 358 g/mol. The van der Waals surface area contributed by atoms with Gasteiger partial charge in [0.1, 0.15) is 0 Å². The number of aliphatic hydroxyl groups excluding tert-OH is 2. The molecule has 0 spiro atoms.